The Hall–Kier alpha value is -1.06. The van der Waals surface area contributed by atoms with Crippen LogP contribution in [0.2, 0.25) is 0 Å². The van der Waals surface area contributed by atoms with Gasteiger partial charge in [0.05, 0.1) is 6.54 Å². The molecule has 0 unspecified atom stereocenters. The van der Waals surface area contributed by atoms with Gasteiger partial charge >= 0.3 is 0 Å². The lowest BCUT2D eigenvalue weighted by molar-refractivity contribution is -0.131. The summed E-state index contributed by atoms with van der Waals surface area (Å²) < 4.78 is 20.5. The Morgan fingerprint density at radius 2 is 2.33 bits per heavy atom. The van der Waals surface area contributed by atoms with E-state index < -0.39 is 25.3 Å². The average Bonchev–Trinajstić information content (AvgIpc) is 1.79. The summed E-state index contributed by atoms with van der Waals surface area (Å²) in [5.74, 6) is -1.55. The number of hydrogen-bond acceptors (Lipinski definition) is 2. The summed E-state index contributed by atoms with van der Waals surface area (Å²) >= 11 is 0. The first-order valence-electron chi connectivity index (χ1n) is 3.81. The highest BCUT2D eigenvalue weighted by Gasteiger charge is 2.03. The van der Waals surface area contributed by atoms with Crippen LogP contribution in [0, 0.1) is 0 Å². The molecular weight excluding hydrogens is 120 g/mol. The van der Waals surface area contributed by atoms with Gasteiger partial charge < -0.3 is 10.6 Å². The predicted octanol–water partition coefficient (Wildman–Crippen LogP) is -1.05. The molecule has 52 valence electrons. The zero-order valence-electron chi connectivity index (χ0n) is 8.05. The molecule has 0 aromatic heterocycles. The molecular formula is C5H10N2O2. The first-order valence-corrected chi connectivity index (χ1v) is 2.31. The summed E-state index contributed by atoms with van der Waals surface area (Å²) in [6.07, 6.45) is 0. The SMILES string of the molecule is [2H]C([2H])([2H])N(CC(N)=O)C(C)=O. The fraction of sp³-hybridized carbons (Fsp3) is 0.600. The fourth-order valence-corrected chi connectivity index (χ4v) is 0.267. The van der Waals surface area contributed by atoms with E-state index >= 15 is 0 Å². The first-order chi connectivity index (χ1) is 5.25. The van der Waals surface area contributed by atoms with E-state index in [4.69, 9.17) is 9.85 Å². The standard InChI is InChI=1S/C5H10N2O2/c1-4(8)7(2)3-5(6)9/h3H2,1-2H3,(H2,6,9)/i2D3. The summed E-state index contributed by atoms with van der Waals surface area (Å²) in [7, 11) is 0. The Balaban J connectivity index is 4.46. The van der Waals surface area contributed by atoms with Gasteiger partial charge in [-0.15, -0.1) is 0 Å². The fourth-order valence-electron chi connectivity index (χ4n) is 0.267. The number of carbonyl (C=O) groups is 2. The molecule has 0 aliphatic carbocycles. The summed E-state index contributed by atoms with van der Waals surface area (Å²) in [6.45, 7) is -2.11. The van der Waals surface area contributed by atoms with Gasteiger partial charge in [0.2, 0.25) is 11.8 Å². The Morgan fingerprint density at radius 1 is 1.78 bits per heavy atom. The molecule has 0 radical (unpaired) electrons. The third-order valence-corrected chi connectivity index (χ3v) is 0.694. The van der Waals surface area contributed by atoms with Crippen LogP contribution in [0.5, 0.6) is 0 Å². The van der Waals surface area contributed by atoms with Crippen LogP contribution in [0.25, 0.3) is 0 Å². The second-order valence-corrected chi connectivity index (χ2v) is 1.57. The number of nitrogens with zero attached hydrogens (tertiary/aromatic N) is 1. The zero-order chi connectivity index (χ0) is 9.94. The number of amides is 2. The number of hydrogen-bond donors (Lipinski definition) is 1. The highest BCUT2D eigenvalue weighted by atomic mass is 16.2. The van der Waals surface area contributed by atoms with Crippen LogP contribution < -0.4 is 5.73 Å². The van der Waals surface area contributed by atoms with Gasteiger partial charge in [0.25, 0.3) is 0 Å². The zero-order valence-corrected chi connectivity index (χ0v) is 5.05. The summed E-state index contributed by atoms with van der Waals surface area (Å²) in [6, 6.07) is 0. The topological polar surface area (TPSA) is 63.4 Å². The van der Waals surface area contributed by atoms with Crippen molar-refractivity contribution in [3.8, 4) is 0 Å². The van der Waals surface area contributed by atoms with Gasteiger partial charge in [-0.05, 0) is 0 Å². The van der Waals surface area contributed by atoms with Crippen molar-refractivity contribution in [2.45, 2.75) is 6.92 Å². The highest BCUT2D eigenvalue weighted by molar-refractivity contribution is 5.82. The molecule has 0 aromatic carbocycles. The monoisotopic (exact) mass is 133 g/mol. The maximum absolute atomic E-state index is 10.7. The van der Waals surface area contributed by atoms with Crippen LogP contribution >= 0.6 is 0 Å². The van der Waals surface area contributed by atoms with Gasteiger partial charge in [0.1, 0.15) is 0 Å². The van der Waals surface area contributed by atoms with E-state index in [1.807, 2.05) is 0 Å². The van der Waals surface area contributed by atoms with Crippen molar-refractivity contribution in [3.05, 3.63) is 0 Å². The Labute approximate surface area is 57.8 Å². The second-order valence-electron chi connectivity index (χ2n) is 1.57. The number of carbonyl (C=O) groups excluding carboxylic acids is 2. The number of rotatable bonds is 2. The Kier molecular flexibility index (Phi) is 1.32. The Morgan fingerprint density at radius 3 is 2.44 bits per heavy atom. The Bertz CT molecular complexity index is 201. The molecule has 0 rings (SSSR count). The van der Waals surface area contributed by atoms with Gasteiger partial charge in [-0.1, -0.05) is 0 Å². The lowest BCUT2D eigenvalue weighted by Gasteiger charge is -2.10. The van der Waals surface area contributed by atoms with Crippen molar-refractivity contribution in [1.82, 2.24) is 4.90 Å². The van der Waals surface area contributed by atoms with Crippen LogP contribution in [0.1, 0.15) is 11.0 Å². The maximum atomic E-state index is 10.7. The van der Waals surface area contributed by atoms with E-state index in [-0.39, 0.29) is 0 Å². The van der Waals surface area contributed by atoms with Crippen LogP contribution in [0.3, 0.4) is 0 Å². The number of likely N-dealkylation sites (N-methyl/N-ethyl adjacent to an activating group) is 1. The van der Waals surface area contributed by atoms with E-state index in [0.29, 0.717) is 4.90 Å². The molecule has 0 aliphatic heterocycles. The van der Waals surface area contributed by atoms with Crippen LogP contribution in [0.4, 0.5) is 0 Å². The van der Waals surface area contributed by atoms with E-state index in [9.17, 15) is 9.59 Å². The van der Waals surface area contributed by atoms with Gasteiger partial charge in [0, 0.05) is 18.0 Å². The average molecular weight is 133 g/mol. The van der Waals surface area contributed by atoms with Gasteiger partial charge in [-0.2, -0.15) is 0 Å². The van der Waals surface area contributed by atoms with Crippen LogP contribution in [-0.4, -0.2) is 30.2 Å². The molecule has 0 fully saturated rings. The quantitative estimate of drug-likeness (QED) is 0.522. The maximum Gasteiger partial charge on any atom is 0.237 e. The third kappa shape index (κ3) is 3.52. The predicted molar refractivity (Wildman–Crippen MR) is 32.5 cm³/mol. The molecule has 4 nitrogen and oxygen atoms in total. The molecule has 0 aliphatic rings. The summed E-state index contributed by atoms with van der Waals surface area (Å²) in [4.78, 5) is 21.5. The van der Waals surface area contributed by atoms with Gasteiger partial charge in [-0.25, -0.2) is 0 Å². The van der Waals surface area contributed by atoms with E-state index in [1.54, 1.807) is 0 Å². The van der Waals surface area contributed by atoms with Crippen molar-refractivity contribution in [2.75, 3.05) is 13.5 Å². The molecule has 2 amide bonds. The van der Waals surface area contributed by atoms with Crippen LogP contribution in [0.15, 0.2) is 0 Å². The van der Waals surface area contributed by atoms with Gasteiger partial charge in [0.15, 0.2) is 0 Å². The molecule has 0 saturated carbocycles. The largest absolute Gasteiger partial charge is 0.368 e. The van der Waals surface area contributed by atoms with Crippen molar-refractivity contribution in [3.63, 3.8) is 0 Å². The lowest BCUT2D eigenvalue weighted by Crippen LogP contribution is -2.33. The molecule has 2 N–H and O–H groups in total. The first kappa shape index (κ1) is 3.87. The minimum absolute atomic E-state index is 0.440. The molecule has 0 atom stereocenters. The van der Waals surface area contributed by atoms with Crippen molar-refractivity contribution >= 4 is 11.8 Å². The van der Waals surface area contributed by atoms with Gasteiger partial charge in [-0.3, -0.25) is 9.59 Å². The second kappa shape index (κ2) is 3.06. The third-order valence-electron chi connectivity index (χ3n) is 0.694. The summed E-state index contributed by atoms with van der Waals surface area (Å²) in [5, 5.41) is 0. The van der Waals surface area contributed by atoms with Crippen molar-refractivity contribution < 1.29 is 13.7 Å². The molecule has 0 spiro atoms. The van der Waals surface area contributed by atoms with Crippen molar-refractivity contribution in [1.29, 1.82) is 0 Å². The molecule has 0 heterocycles. The minimum Gasteiger partial charge on any atom is -0.368 e. The smallest absolute Gasteiger partial charge is 0.237 e. The van der Waals surface area contributed by atoms with E-state index in [1.165, 1.54) is 0 Å². The molecule has 0 bridgehead atoms. The molecule has 4 heteroatoms. The number of nitrogens with two attached hydrogens (primary N) is 1. The molecule has 0 saturated heterocycles. The number of primary amides is 1. The summed E-state index contributed by atoms with van der Waals surface area (Å²) in [5.41, 5.74) is 4.74. The van der Waals surface area contributed by atoms with Crippen molar-refractivity contribution in [2.24, 2.45) is 5.73 Å². The molecule has 9 heavy (non-hydrogen) atoms. The van der Waals surface area contributed by atoms with E-state index in [0.717, 1.165) is 6.92 Å². The van der Waals surface area contributed by atoms with E-state index in [2.05, 4.69) is 0 Å². The lowest BCUT2D eigenvalue weighted by atomic mass is 10.5. The molecule has 0 aromatic rings. The highest BCUT2D eigenvalue weighted by Crippen LogP contribution is 1.79. The minimum atomic E-state index is -2.60. The normalized spacial score (nSPS) is 15.0. The van der Waals surface area contributed by atoms with Crippen LogP contribution in [-0.2, 0) is 9.59 Å².